The molecule has 3 heteroatoms. The second-order valence-corrected chi connectivity index (χ2v) is 7.75. The summed E-state index contributed by atoms with van der Waals surface area (Å²) < 4.78 is 5.61. The predicted molar refractivity (Wildman–Crippen MR) is 97.4 cm³/mol. The molecule has 1 aliphatic rings. The predicted octanol–water partition coefficient (Wildman–Crippen LogP) is 4.80. The molecule has 3 atom stereocenters. The van der Waals surface area contributed by atoms with Crippen LogP contribution in [-0.4, -0.2) is 25.7 Å². The number of carbonyl (C=O) groups is 1. The van der Waals surface area contributed by atoms with E-state index in [-0.39, 0.29) is 5.92 Å². The van der Waals surface area contributed by atoms with E-state index in [1.807, 2.05) is 0 Å². The lowest BCUT2D eigenvalue weighted by atomic mass is 9.70. The third kappa shape index (κ3) is 8.19. The SMILES string of the molecule is CCCCCOCCCCNC(=O)C1CC(C)CCC1C(C)C. The van der Waals surface area contributed by atoms with Crippen LogP contribution in [0.3, 0.4) is 0 Å². The Labute approximate surface area is 143 Å². The molecule has 136 valence electrons. The summed E-state index contributed by atoms with van der Waals surface area (Å²) in [6.45, 7) is 11.5. The highest BCUT2D eigenvalue weighted by atomic mass is 16.5. The van der Waals surface area contributed by atoms with Gasteiger partial charge in [-0.1, -0.05) is 47.0 Å². The summed E-state index contributed by atoms with van der Waals surface area (Å²) in [5.74, 6) is 2.38. The Bertz CT molecular complexity index is 317. The molecule has 0 saturated heterocycles. The van der Waals surface area contributed by atoms with Gasteiger partial charge in [-0.3, -0.25) is 4.79 Å². The highest BCUT2D eigenvalue weighted by molar-refractivity contribution is 5.79. The molecule has 1 aliphatic carbocycles. The Kier molecular flexibility index (Phi) is 10.6. The van der Waals surface area contributed by atoms with Gasteiger partial charge in [0.05, 0.1) is 0 Å². The topological polar surface area (TPSA) is 38.3 Å². The van der Waals surface area contributed by atoms with Gasteiger partial charge in [-0.25, -0.2) is 0 Å². The van der Waals surface area contributed by atoms with E-state index < -0.39 is 0 Å². The van der Waals surface area contributed by atoms with Crippen molar-refractivity contribution < 1.29 is 9.53 Å². The van der Waals surface area contributed by atoms with Crippen LogP contribution in [0, 0.1) is 23.7 Å². The molecule has 3 nitrogen and oxygen atoms in total. The first kappa shape index (κ1) is 20.5. The molecule has 0 aromatic rings. The van der Waals surface area contributed by atoms with Gasteiger partial charge >= 0.3 is 0 Å². The van der Waals surface area contributed by atoms with Gasteiger partial charge in [0.25, 0.3) is 0 Å². The van der Waals surface area contributed by atoms with Crippen LogP contribution in [-0.2, 0) is 9.53 Å². The molecular formula is C20H39NO2. The van der Waals surface area contributed by atoms with Crippen LogP contribution in [0.1, 0.15) is 79.1 Å². The minimum absolute atomic E-state index is 0.226. The van der Waals surface area contributed by atoms with E-state index in [1.165, 1.54) is 32.1 Å². The molecule has 0 aliphatic heterocycles. The van der Waals surface area contributed by atoms with Crippen molar-refractivity contribution in [3.8, 4) is 0 Å². The quantitative estimate of drug-likeness (QED) is 0.554. The standard InChI is InChI=1S/C20H39NO2/c1-5-6-8-13-23-14-9-7-12-21-20(22)19-15-17(4)10-11-18(19)16(2)3/h16-19H,5-15H2,1-4H3,(H,21,22). The Balaban J connectivity index is 2.14. The molecule has 0 spiro atoms. The summed E-state index contributed by atoms with van der Waals surface area (Å²) >= 11 is 0. The van der Waals surface area contributed by atoms with Crippen molar-refractivity contribution in [3.63, 3.8) is 0 Å². The number of nitrogens with one attached hydrogen (secondary N) is 1. The van der Waals surface area contributed by atoms with E-state index in [2.05, 4.69) is 33.0 Å². The molecule has 0 radical (unpaired) electrons. The molecular weight excluding hydrogens is 286 g/mol. The maximum atomic E-state index is 12.5. The van der Waals surface area contributed by atoms with E-state index in [4.69, 9.17) is 4.74 Å². The summed E-state index contributed by atoms with van der Waals surface area (Å²) in [5, 5.41) is 3.17. The van der Waals surface area contributed by atoms with Crippen molar-refractivity contribution in [3.05, 3.63) is 0 Å². The van der Waals surface area contributed by atoms with Gasteiger partial charge in [0.15, 0.2) is 0 Å². The van der Waals surface area contributed by atoms with Crippen molar-refractivity contribution in [2.45, 2.75) is 79.1 Å². The number of hydrogen-bond donors (Lipinski definition) is 1. The van der Waals surface area contributed by atoms with E-state index in [1.54, 1.807) is 0 Å². The molecule has 0 aromatic carbocycles. The van der Waals surface area contributed by atoms with Crippen molar-refractivity contribution in [2.75, 3.05) is 19.8 Å². The second-order valence-electron chi connectivity index (χ2n) is 7.75. The number of amides is 1. The van der Waals surface area contributed by atoms with Gasteiger partial charge in [0, 0.05) is 25.7 Å². The van der Waals surface area contributed by atoms with Crippen molar-refractivity contribution in [1.82, 2.24) is 5.32 Å². The molecule has 23 heavy (non-hydrogen) atoms. The Hall–Kier alpha value is -0.570. The fourth-order valence-corrected chi connectivity index (χ4v) is 3.73. The fraction of sp³-hybridized carbons (Fsp3) is 0.950. The first-order valence-electron chi connectivity index (χ1n) is 9.91. The van der Waals surface area contributed by atoms with Crippen molar-refractivity contribution in [1.29, 1.82) is 0 Å². The molecule has 0 bridgehead atoms. The summed E-state index contributed by atoms with van der Waals surface area (Å²) in [5.41, 5.74) is 0. The zero-order chi connectivity index (χ0) is 17.1. The van der Waals surface area contributed by atoms with Crippen molar-refractivity contribution >= 4 is 5.91 Å². The highest BCUT2D eigenvalue weighted by Gasteiger charge is 2.35. The first-order chi connectivity index (χ1) is 11.1. The monoisotopic (exact) mass is 325 g/mol. The van der Waals surface area contributed by atoms with E-state index >= 15 is 0 Å². The fourth-order valence-electron chi connectivity index (χ4n) is 3.73. The van der Waals surface area contributed by atoms with E-state index in [9.17, 15) is 4.79 Å². The van der Waals surface area contributed by atoms with Gasteiger partial charge in [-0.15, -0.1) is 0 Å². The van der Waals surface area contributed by atoms with Gasteiger partial charge in [-0.05, 0) is 49.9 Å². The zero-order valence-corrected chi connectivity index (χ0v) is 15.9. The average molecular weight is 326 g/mol. The number of carbonyl (C=O) groups excluding carboxylic acids is 1. The van der Waals surface area contributed by atoms with Crippen LogP contribution in [0.25, 0.3) is 0 Å². The van der Waals surface area contributed by atoms with Crippen LogP contribution in [0.2, 0.25) is 0 Å². The van der Waals surface area contributed by atoms with Crippen molar-refractivity contribution in [2.24, 2.45) is 23.7 Å². The Morgan fingerprint density at radius 3 is 2.48 bits per heavy atom. The largest absolute Gasteiger partial charge is 0.381 e. The third-order valence-corrected chi connectivity index (χ3v) is 5.27. The average Bonchev–Trinajstić information content (AvgIpc) is 2.52. The van der Waals surface area contributed by atoms with Gasteiger partial charge in [0.1, 0.15) is 0 Å². The molecule has 0 heterocycles. The molecule has 0 aromatic heterocycles. The van der Waals surface area contributed by atoms with E-state index in [0.717, 1.165) is 39.0 Å². The number of ether oxygens (including phenoxy) is 1. The molecule has 1 N–H and O–H groups in total. The van der Waals surface area contributed by atoms with E-state index in [0.29, 0.717) is 23.7 Å². The van der Waals surface area contributed by atoms with Crippen LogP contribution in [0.15, 0.2) is 0 Å². The Morgan fingerprint density at radius 1 is 1.13 bits per heavy atom. The lowest BCUT2D eigenvalue weighted by Gasteiger charge is -2.36. The number of unbranched alkanes of at least 4 members (excludes halogenated alkanes) is 3. The minimum atomic E-state index is 0.226. The smallest absolute Gasteiger partial charge is 0.223 e. The molecule has 1 amide bonds. The van der Waals surface area contributed by atoms with Crippen LogP contribution in [0.4, 0.5) is 0 Å². The molecule has 1 rings (SSSR count). The summed E-state index contributed by atoms with van der Waals surface area (Å²) in [6, 6.07) is 0. The Morgan fingerprint density at radius 2 is 1.83 bits per heavy atom. The summed E-state index contributed by atoms with van der Waals surface area (Å²) in [6.07, 6.45) is 9.29. The number of hydrogen-bond acceptors (Lipinski definition) is 2. The zero-order valence-electron chi connectivity index (χ0n) is 15.9. The molecule has 1 saturated carbocycles. The van der Waals surface area contributed by atoms with Crippen LogP contribution < -0.4 is 5.32 Å². The lowest BCUT2D eigenvalue weighted by Crippen LogP contribution is -2.40. The van der Waals surface area contributed by atoms with Gasteiger partial charge in [0.2, 0.25) is 5.91 Å². The molecule has 3 unspecified atom stereocenters. The molecule has 1 fully saturated rings. The lowest BCUT2D eigenvalue weighted by molar-refractivity contribution is -0.129. The normalized spacial score (nSPS) is 24.8. The second kappa shape index (κ2) is 11.9. The van der Waals surface area contributed by atoms with Crippen LogP contribution >= 0.6 is 0 Å². The maximum absolute atomic E-state index is 12.5. The van der Waals surface area contributed by atoms with Crippen LogP contribution in [0.5, 0.6) is 0 Å². The summed E-state index contributed by atoms with van der Waals surface area (Å²) in [7, 11) is 0. The minimum Gasteiger partial charge on any atom is -0.381 e. The number of rotatable bonds is 11. The van der Waals surface area contributed by atoms with Gasteiger partial charge < -0.3 is 10.1 Å². The van der Waals surface area contributed by atoms with Gasteiger partial charge in [-0.2, -0.15) is 0 Å². The maximum Gasteiger partial charge on any atom is 0.223 e. The highest BCUT2D eigenvalue weighted by Crippen LogP contribution is 2.38. The summed E-state index contributed by atoms with van der Waals surface area (Å²) in [4.78, 5) is 12.5. The third-order valence-electron chi connectivity index (χ3n) is 5.27. The first-order valence-corrected chi connectivity index (χ1v) is 9.91.